The van der Waals surface area contributed by atoms with Crippen molar-refractivity contribution in [2.45, 2.75) is 19.6 Å². The van der Waals surface area contributed by atoms with Gasteiger partial charge in [0.1, 0.15) is 0 Å². The van der Waals surface area contributed by atoms with Crippen molar-refractivity contribution in [3.8, 4) is 33.6 Å². The minimum absolute atomic E-state index is 1.13. The number of hydrogen-bond donors (Lipinski definition) is 0. The first kappa shape index (κ1) is 37.0. The molecule has 2 heterocycles. The van der Waals surface area contributed by atoms with Crippen LogP contribution in [0.1, 0.15) is 0 Å². The van der Waals surface area contributed by atoms with Gasteiger partial charge in [-0.15, -0.1) is 10.0 Å². The quantitative estimate of drug-likeness (QED) is 0.144. The second kappa shape index (κ2) is 15.3. The Morgan fingerprint density at radius 1 is 0.254 bits per heavy atom. The van der Waals surface area contributed by atoms with Crippen LogP contribution in [0, 0.1) is 0 Å². The topological polar surface area (TPSA) is 9.86 Å². The molecule has 0 aliphatic rings. The van der Waals surface area contributed by atoms with Crippen molar-refractivity contribution in [3.63, 3.8) is 0 Å². The standard InChI is InChI=1S/C60H42N2S/c1-5-21-43(22-6-1)49-29-13-14-30-50(49)51-33-19-36-56-59(51)52-31-15-18-35-55(52)62(56)58-38-20-37-57-60(58)53-32-16-17-34-54(53)61(57)44-39-41-48(42-40-44)63(45-23-7-2-8-24-45,46-25-9-3-10-26-46)47-27-11-4-12-28-47/h1-42H. The van der Waals surface area contributed by atoms with Gasteiger partial charge < -0.3 is 9.13 Å². The van der Waals surface area contributed by atoms with Crippen LogP contribution < -0.4 is 0 Å². The third kappa shape index (κ3) is 5.81. The average molecular weight is 823 g/mol. The van der Waals surface area contributed by atoms with E-state index < -0.39 is 10.0 Å². The molecule has 0 saturated carbocycles. The molecule has 0 spiro atoms. The van der Waals surface area contributed by atoms with Crippen LogP contribution in [0.2, 0.25) is 0 Å². The molecule has 0 radical (unpaired) electrons. The lowest BCUT2D eigenvalue weighted by Crippen LogP contribution is -2.05. The molecular weight excluding hydrogens is 781 g/mol. The average Bonchev–Trinajstić information content (AvgIpc) is 3.89. The van der Waals surface area contributed by atoms with Gasteiger partial charge in [0.15, 0.2) is 0 Å². The van der Waals surface area contributed by atoms with Crippen LogP contribution in [0.5, 0.6) is 0 Å². The molecule has 0 fully saturated rings. The normalized spacial score (nSPS) is 12.1. The van der Waals surface area contributed by atoms with Crippen LogP contribution in [0.3, 0.4) is 0 Å². The zero-order chi connectivity index (χ0) is 41.7. The van der Waals surface area contributed by atoms with Crippen molar-refractivity contribution in [2.75, 3.05) is 0 Å². The van der Waals surface area contributed by atoms with Gasteiger partial charge in [-0.1, -0.05) is 164 Å². The van der Waals surface area contributed by atoms with Crippen LogP contribution in [-0.4, -0.2) is 9.13 Å². The number of fused-ring (bicyclic) bond motifs is 6. The lowest BCUT2D eigenvalue weighted by molar-refractivity contribution is 1.15. The molecule has 10 aromatic carbocycles. The maximum Gasteiger partial charge on any atom is 0.0562 e. The number of hydrogen-bond acceptors (Lipinski definition) is 0. The van der Waals surface area contributed by atoms with E-state index in [0.717, 1.165) is 5.69 Å². The lowest BCUT2D eigenvalue weighted by atomic mass is 9.92. The minimum Gasteiger partial charge on any atom is -0.309 e. The van der Waals surface area contributed by atoms with Crippen LogP contribution in [0.15, 0.2) is 274 Å². The summed E-state index contributed by atoms with van der Waals surface area (Å²) in [5.74, 6) is 0. The molecule has 12 rings (SSSR count). The van der Waals surface area contributed by atoms with Gasteiger partial charge in [0, 0.05) is 46.8 Å². The number of nitrogens with zero attached hydrogens (tertiary/aromatic N) is 2. The van der Waals surface area contributed by atoms with Gasteiger partial charge in [-0.3, -0.25) is 0 Å². The Labute approximate surface area is 368 Å². The summed E-state index contributed by atoms with van der Waals surface area (Å²) in [6, 6.07) is 93.7. The highest BCUT2D eigenvalue weighted by molar-refractivity contribution is 8.34. The van der Waals surface area contributed by atoms with E-state index in [1.807, 2.05) is 0 Å². The first-order valence-corrected chi connectivity index (χ1v) is 23.2. The highest BCUT2D eigenvalue weighted by atomic mass is 32.3. The molecule has 3 heteroatoms. The van der Waals surface area contributed by atoms with Crippen molar-refractivity contribution in [3.05, 3.63) is 255 Å². The molecule has 0 amide bonds. The molecule has 298 valence electrons. The summed E-state index contributed by atoms with van der Waals surface area (Å²) in [5.41, 5.74) is 11.9. The summed E-state index contributed by atoms with van der Waals surface area (Å²) in [7, 11) is -1.81. The second-order valence-corrected chi connectivity index (χ2v) is 19.1. The smallest absolute Gasteiger partial charge is 0.0562 e. The van der Waals surface area contributed by atoms with Gasteiger partial charge in [0.2, 0.25) is 0 Å². The number of benzene rings is 10. The van der Waals surface area contributed by atoms with Crippen LogP contribution in [0.25, 0.3) is 77.2 Å². The molecule has 12 aromatic rings. The minimum atomic E-state index is -1.81. The molecule has 0 aliphatic heterocycles. The molecule has 0 unspecified atom stereocenters. The van der Waals surface area contributed by atoms with E-state index in [9.17, 15) is 0 Å². The van der Waals surface area contributed by atoms with Crippen molar-refractivity contribution in [2.24, 2.45) is 0 Å². The summed E-state index contributed by atoms with van der Waals surface area (Å²) in [4.78, 5) is 5.24. The fourth-order valence-electron chi connectivity index (χ4n) is 10.0. The Hall–Kier alpha value is -7.85. The Morgan fingerprint density at radius 2 is 0.667 bits per heavy atom. The number of rotatable bonds is 8. The van der Waals surface area contributed by atoms with Crippen molar-refractivity contribution in [1.29, 1.82) is 0 Å². The molecule has 0 bridgehead atoms. The summed E-state index contributed by atoms with van der Waals surface area (Å²) in [6.45, 7) is 0. The molecule has 63 heavy (non-hydrogen) atoms. The third-order valence-electron chi connectivity index (χ3n) is 12.7. The first-order chi connectivity index (χ1) is 31.3. The van der Waals surface area contributed by atoms with E-state index in [2.05, 4.69) is 264 Å². The molecule has 0 atom stereocenters. The maximum absolute atomic E-state index is 2.50. The zero-order valence-corrected chi connectivity index (χ0v) is 35.4. The van der Waals surface area contributed by atoms with E-state index in [1.54, 1.807) is 0 Å². The summed E-state index contributed by atoms with van der Waals surface area (Å²) in [6.07, 6.45) is 0. The third-order valence-corrected chi connectivity index (χ3v) is 16.6. The van der Waals surface area contributed by atoms with Gasteiger partial charge in [0.05, 0.1) is 27.8 Å². The van der Waals surface area contributed by atoms with E-state index >= 15 is 0 Å². The molecule has 0 aliphatic carbocycles. The lowest BCUT2D eigenvalue weighted by Gasteiger charge is -2.42. The van der Waals surface area contributed by atoms with Crippen LogP contribution >= 0.6 is 10.0 Å². The Balaban J connectivity index is 1.08. The maximum atomic E-state index is 2.50. The highest BCUT2D eigenvalue weighted by Gasteiger charge is 2.33. The Kier molecular flexibility index (Phi) is 8.95. The van der Waals surface area contributed by atoms with Gasteiger partial charge in [0.25, 0.3) is 0 Å². The fourth-order valence-corrected chi connectivity index (χ4v) is 13.9. The molecule has 0 saturated heterocycles. The number of para-hydroxylation sites is 2. The van der Waals surface area contributed by atoms with Crippen molar-refractivity contribution < 1.29 is 0 Å². The molecule has 2 nitrogen and oxygen atoms in total. The van der Waals surface area contributed by atoms with Gasteiger partial charge in [-0.2, -0.15) is 0 Å². The predicted molar refractivity (Wildman–Crippen MR) is 266 cm³/mol. The molecule has 0 N–H and O–H groups in total. The van der Waals surface area contributed by atoms with E-state index in [-0.39, 0.29) is 0 Å². The zero-order valence-electron chi connectivity index (χ0n) is 34.6. The second-order valence-electron chi connectivity index (χ2n) is 16.0. The van der Waals surface area contributed by atoms with E-state index in [0.29, 0.717) is 0 Å². The van der Waals surface area contributed by atoms with Crippen LogP contribution in [0.4, 0.5) is 0 Å². The summed E-state index contributed by atoms with van der Waals surface area (Å²) >= 11 is 0. The number of aromatic nitrogens is 2. The summed E-state index contributed by atoms with van der Waals surface area (Å²) < 4.78 is 4.96. The predicted octanol–water partition coefficient (Wildman–Crippen LogP) is 16.6. The van der Waals surface area contributed by atoms with E-state index in [1.165, 1.54) is 91.1 Å². The Morgan fingerprint density at radius 3 is 1.27 bits per heavy atom. The first-order valence-electron chi connectivity index (χ1n) is 21.6. The van der Waals surface area contributed by atoms with Gasteiger partial charge in [-0.25, -0.2) is 0 Å². The SMILES string of the molecule is c1ccc(-c2ccccc2-c2cccc3c2c2ccccc2n3-c2cccc3c2c2ccccc2n3-c2ccc(S(c3ccccc3)(c3ccccc3)c3ccccc3)cc2)cc1. The fraction of sp³-hybridized carbons (Fsp3) is 0. The largest absolute Gasteiger partial charge is 0.309 e. The molecular formula is C60H42N2S. The van der Waals surface area contributed by atoms with Gasteiger partial charge >= 0.3 is 0 Å². The summed E-state index contributed by atoms with van der Waals surface area (Å²) in [5, 5.41) is 4.95. The molecule has 2 aromatic heterocycles. The van der Waals surface area contributed by atoms with Crippen molar-refractivity contribution >= 4 is 53.6 Å². The van der Waals surface area contributed by atoms with E-state index in [4.69, 9.17) is 0 Å². The highest BCUT2D eigenvalue weighted by Crippen LogP contribution is 2.73. The van der Waals surface area contributed by atoms with Crippen LogP contribution in [-0.2, 0) is 0 Å². The monoisotopic (exact) mass is 822 g/mol. The van der Waals surface area contributed by atoms with Crippen molar-refractivity contribution in [1.82, 2.24) is 9.13 Å². The Bertz CT molecular complexity index is 3490. The van der Waals surface area contributed by atoms with Gasteiger partial charge in [-0.05, 0) is 113 Å².